The maximum atomic E-state index is 5.83. The van der Waals surface area contributed by atoms with Crippen molar-refractivity contribution < 1.29 is 4.74 Å². The molecule has 0 bridgehead atoms. The lowest BCUT2D eigenvalue weighted by Crippen LogP contribution is -2.25. The van der Waals surface area contributed by atoms with Gasteiger partial charge in [-0.25, -0.2) is 0 Å². The third-order valence-corrected chi connectivity index (χ3v) is 8.53. The predicted molar refractivity (Wildman–Crippen MR) is 201 cm³/mol. The lowest BCUT2D eigenvalue weighted by Gasteiger charge is -2.27. The second-order valence-electron chi connectivity index (χ2n) is 11.8. The van der Waals surface area contributed by atoms with Gasteiger partial charge < -0.3 is 14.5 Å². The molecule has 0 fully saturated rings. The predicted octanol–water partition coefficient (Wildman–Crippen LogP) is 11.9. The van der Waals surface area contributed by atoms with Crippen molar-refractivity contribution in [2.75, 3.05) is 42.6 Å². The van der Waals surface area contributed by atoms with Crippen LogP contribution in [0.25, 0.3) is 16.3 Å². The molecule has 5 heteroatoms. The van der Waals surface area contributed by atoms with Gasteiger partial charge in [-0.15, -0.1) is 5.11 Å². The number of hydrogen-bond donors (Lipinski definition) is 0. The van der Waals surface area contributed by atoms with E-state index in [1.807, 2.05) is 37.3 Å². The molecule has 242 valence electrons. The molecule has 0 saturated heterocycles. The minimum Gasteiger partial charge on any atom is -0.380 e. The van der Waals surface area contributed by atoms with Gasteiger partial charge in [-0.05, 0) is 85.0 Å². The van der Waals surface area contributed by atoms with Crippen LogP contribution in [-0.4, -0.2) is 32.8 Å². The average Bonchev–Trinajstić information content (AvgIpc) is 3.13. The summed E-state index contributed by atoms with van der Waals surface area (Å²) in [7, 11) is 0. The molecule has 0 aromatic heterocycles. The van der Waals surface area contributed by atoms with Gasteiger partial charge in [0, 0.05) is 54.1 Å². The molecule has 47 heavy (non-hydrogen) atoms. The normalized spacial score (nSPS) is 11.3. The number of azo groups is 1. The van der Waals surface area contributed by atoms with E-state index in [9.17, 15) is 0 Å². The second kappa shape index (κ2) is 17.3. The summed E-state index contributed by atoms with van der Waals surface area (Å²) < 4.78 is 5.83. The van der Waals surface area contributed by atoms with Crippen molar-refractivity contribution in [2.45, 2.75) is 46.5 Å². The van der Waals surface area contributed by atoms with Crippen molar-refractivity contribution in [1.82, 2.24) is 0 Å². The summed E-state index contributed by atoms with van der Waals surface area (Å²) in [5.41, 5.74) is 8.46. The van der Waals surface area contributed by atoms with E-state index in [0.29, 0.717) is 13.2 Å². The van der Waals surface area contributed by atoms with Crippen LogP contribution in [0, 0.1) is 0 Å². The van der Waals surface area contributed by atoms with Crippen LogP contribution < -0.4 is 9.80 Å². The number of fused-ring (bicyclic) bond motifs is 1. The Balaban J connectivity index is 1.40. The molecule has 0 amide bonds. The van der Waals surface area contributed by atoms with Crippen molar-refractivity contribution >= 4 is 44.8 Å². The first kappa shape index (κ1) is 33.6. The molecule has 5 nitrogen and oxygen atoms in total. The summed E-state index contributed by atoms with van der Waals surface area (Å²) in [5.74, 6) is 0. The Bertz CT molecular complexity index is 1720. The van der Waals surface area contributed by atoms with Gasteiger partial charge in [-0.2, -0.15) is 5.11 Å². The highest BCUT2D eigenvalue weighted by Crippen LogP contribution is 2.38. The van der Waals surface area contributed by atoms with E-state index in [-0.39, 0.29) is 0 Å². The lowest BCUT2D eigenvalue weighted by atomic mass is 9.98. The van der Waals surface area contributed by atoms with Crippen LogP contribution in [0.3, 0.4) is 0 Å². The van der Waals surface area contributed by atoms with Crippen LogP contribution in [0.1, 0.15) is 57.6 Å². The number of unbranched alkanes of at least 4 members (excludes halogenated alkanes) is 2. The van der Waals surface area contributed by atoms with Gasteiger partial charge in [0.05, 0.1) is 18.0 Å². The fourth-order valence-electron chi connectivity index (χ4n) is 5.84. The van der Waals surface area contributed by atoms with Gasteiger partial charge in [-0.3, -0.25) is 0 Å². The van der Waals surface area contributed by atoms with Crippen molar-refractivity contribution in [2.24, 2.45) is 10.2 Å². The van der Waals surface area contributed by atoms with Crippen LogP contribution in [0.4, 0.5) is 28.4 Å². The van der Waals surface area contributed by atoms with Gasteiger partial charge >= 0.3 is 0 Å². The smallest absolute Gasteiger partial charge is 0.0936 e. The van der Waals surface area contributed by atoms with Gasteiger partial charge in [0.15, 0.2) is 0 Å². The van der Waals surface area contributed by atoms with E-state index >= 15 is 0 Å². The Kier molecular flexibility index (Phi) is 12.3. The molecule has 5 aromatic carbocycles. The fourth-order valence-corrected chi connectivity index (χ4v) is 5.84. The van der Waals surface area contributed by atoms with Crippen LogP contribution >= 0.6 is 0 Å². The zero-order chi connectivity index (χ0) is 32.8. The average molecular weight is 625 g/mol. The Morgan fingerprint density at radius 3 is 1.83 bits per heavy atom. The largest absolute Gasteiger partial charge is 0.380 e. The SMILES string of the molecule is C=C(c1ccc(N(CCCC)CCCC)cc1)c1ccc(N(CCOCC)c2ccc(N=Nc3ccccc3)c3ccccc23)cc1. The monoisotopic (exact) mass is 624 g/mol. The van der Waals surface area contributed by atoms with E-state index in [0.717, 1.165) is 69.9 Å². The molecule has 0 heterocycles. The third-order valence-electron chi connectivity index (χ3n) is 8.53. The maximum Gasteiger partial charge on any atom is 0.0936 e. The molecule has 0 radical (unpaired) electrons. The van der Waals surface area contributed by atoms with Crippen LogP contribution in [-0.2, 0) is 4.74 Å². The first-order chi connectivity index (χ1) is 23.1. The minimum atomic E-state index is 0.620. The Hall–Kier alpha value is -4.74. The first-order valence-electron chi connectivity index (χ1n) is 17.1. The number of ether oxygens (including phenoxy) is 1. The maximum absolute atomic E-state index is 5.83. The van der Waals surface area contributed by atoms with Crippen LogP contribution in [0.15, 0.2) is 132 Å². The minimum absolute atomic E-state index is 0.620. The Morgan fingerprint density at radius 1 is 0.617 bits per heavy atom. The number of benzene rings is 5. The zero-order valence-corrected chi connectivity index (χ0v) is 28.2. The molecule has 0 unspecified atom stereocenters. The number of rotatable bonds is 17. The molecule has 5 aromatic rings. The van der Waals surface area contributed by atoms with Gasteiger partial charge in [-0.1, -0.05) is 100.0 Å². The highest BCUT2D eigenvalue weighted by molar-refractivity contribution is 6.02. The van der Waals surface area contributed by atoms with Crippen molar-refractivity contribution in [3.8, 4) is 0 Å². The van der Waals surface area contributed by atoms with Crippen molar-refractivity contribution in [3.05, 3.63) is 133 Å². The molecule has 0 aliphatic heterocycles. The molecule has 0 atom stereocenters. The third kappa shape index (κ3) is 8.75. The van der Waals surface area contributed by atoms with Gasteiger partial charge in [0.2, 0.25) is 0 Å². The number of anilines is 3. The van der Waals surface area contributed by atoms with Crippen molar-refractivity contribution in [1.29, 1.82) is 0 Å². The second-order valence-corrected chi connectivity index (χ2v) is 11.8. The van der Waals surface area contributed by atoms with Gasteiger partial charge in [0.25, 0.3) is 0 Å². The van der Waals surface area contributed by atoms with Crippen LogP contribution in [0.2, 0.25) is 0 Å². The van der Waals surface area contributed by atoms with E-state index in [1.54, 1.807) is 0 Å². The molecule has 0 spiro atoms. The molecular formula is C42H48N4O. The summed E-state index contributed by atoms with van der Waals surface area (Å²) in [4.78, 5) is 4.85. The molecule has 0 N–H and O–H groups in total. The quantitative estimate of drug-likeness (QED) is 0.0763. The van der Waals surface area contributed by atoms with E-state index < -0.39 is 0 Å². The van der Waals surface area contributed by atoms with E-state index in [4.69, 9.17) is 4.74 Å². The highest BCUT2D eigenvalue weighted by Gasteiger charge is 2.16. The number of nitrogens with zero attached hydrogens (tertiary/aromatic N) is 4. The summed E-state index contributed by atoms with van der Waals surface area (Å²) in [5, 5.41) is 11.3. The van der Waals surface area contributed by atoms with Gasteiger partial charge in [0.1, 0.15) is 0 Å². The molecule has 0 aliphatic rings. The Morgan fingerprint density at radius 2 is 1.21 bits per heavy atom. The standard InChI is InChI=1S/C42H48N4O/c1-5-8-29-45(30-9-6-2)37-23-19-34(20-24-37)33(4)35-21-25-38(26-22-35)46(31-32-47-7-3)42-28-27-41(39-17-13-14-18-40(39)42)44-43-36-15-11-10-12-16-36/h10-28H,4-9,29-32H2,1-3H3. The summed E-state index contributed by atoms with van der Waals surface area (Å²) in [6.07, 6.45) is 4.84. The lowest BCUT2D eigenvalue weighted by molar-refractivity contribution is 0.155. The summed E-state index contributed by atoms with van der Waals surface area (Å²) in [6, 6.07) is 40.1. The zero-order valence-electron chi connectivity index (χ0n) is 28.2. The fraction of sp³-hybridized carbons (Fsp3) is 0.286. The Labute approximate surface area is 281 Å². The molecular weight excluding hydrogens is 576 g/mol. The molecule has 5 rings (SSSR count). The highest BCUT2D eigenvalue weighted by atomic mass is 16.5. The number of hydrogen-bond acceptors (Lipinski definition) is 5. The molecule has 0 saturated carbocycles. The topological polar surface area (TPSA) is 40.4 Å². The summed E-state index contributed by atoms with van der Waals surface area (Å²) in [6.45, 7) is 15.3. The molecule has 0 aliphatic carbocycles. The van der Waals surface area contributed by atoms with Crippen LogP contribution in [0.5, 0.6) is 0 Å². The first-order valence-corrected chi connectivity index (χ1v) is 17.1. The summed E-state index contributed by atoms with van der Waals surface area (Å²) >= 11 is 0. The van der Waals surface area contributed by atoms with E-state index in [1.165, 1.54) is 31.4 Å². The van der Waals surface area contributed by atoms with Crippen molar-refractivity contribution in [3.63, 3.8) is 0 Å². The van der Waals surface area contributed by atoms with E-state index in [2.05, 4.69) is 125 Å².